The molecule has 0 saturated carbocycles. The Hall–Kier alpha value is -1.12. The minimum absolute atomic E-state index is 1.14. The second-order valence-electron chi connectivity index (χ2n) is 2.08. The van der Waals surface area contributed by atoms with Crippen LogP contribution in [0.3, 0.4) is 0 Å². The molecular weight excluding hydrogens is 114 g/mol. The van der Waals surface area contributed by atoms with Crippen molar-refractivity contribution >= 4 is 5.70 Å². The first-order valence-corrected chi connectivity index (χ1v) is 3.02. The van der Waals surface area contributed by atoms with Crippen LogP contribution in [0.4, 0.5) is 0 Å². The highest BCUT2D eigenvalue weighted by Crippen LogP contribution is 2.20. The van der Waals surface area contributed by atoms with Crippen molar-refractivity contribution < 1.29 is 0 Å². The molecule has 0 saturated heterocycles. The van der Waals surface area contributed by atoms with Gasteiger partial charge in [0.1, 0.15) is 0 Å². The summed E-state index contributed by atoms with van der Waals surface area (Å²) in [6, 6.07) is 0. The Morgan fingerprint density at radius 2 is 2.44 bits per heavy atom. The van der Waals surface area contributed by atoms with Crippen LogP contribution < -0.4 is 0 Å². The normalized spacial score (nSPS) is 16.7. The second-order valence-corrected chi connectivity index (χ2v) is 2.08. The minimum Gasteiger partial charge on any atom is -0.225 e. The molecule has 0 spiro atoms. The maximum absolute atomic E-state index is 3.84. The Labute approximate surface area is 53.0 Å². The lowest BCUT2D eigenvalue weighted by molar-refractivity contribution is 0.754. The molecule has 3 heteroatoms. The summed E-state index contributed by atoms with van der Waals surface area (Å²) < 4.78 is 1.81. The molecule has 1 heterocycles. The smallest absolute Gasteiger partial charge is 0.0697 e. The number of rotatable bonds is 1. The average Bonchev–Trinajstić information content (AvgIpc) is 2.11. The average molecular weight is 121 g/mol. The zero-order valence-corrected chi connectivity index (χ0v) is 4.99. The van der Waals surface area contributed by atoms with E-state index in [0.717, 1.165) is 6.42 Å². The molecule has 0 atom stereocenters. The molecule has 46 valence electrons. The summed E-state index contributed by atoms with van der Waals surface area (Å²) >= 11 is 0. The second kappa shape index (κ2) is 1.69. The molecule has 9 heavy (non-hydrogen) atoms. The molecule has 1 aliphatic rings. The molecule has 1 aliphatic carbocycles. The van der Waals surface area contributed by atoms with Gasteiger partial charge in [0.15, 0.2) is 0 Å². The number of hydrogen-bond acceptors (Lipinski definition) is 2. The lowest BCUT2D eigenvalue weighted by atomic mass is 10.1. The van der Waals surface area contributed by atoms with E-state index in [2.05, 4.69) is 16.4 Å². The van der Waals surface area contributed by atoms with Gasteiger partial charge < -0.3 is 0 Å². The highest BCUT2D eigenvalue weighted by Gasteiger charge is 2.06. The first-order chi connectivity index (χ1) is 4.47. The standard InChI is InChI=1S/C6H7N3/c1-2-6(3-1)9-5-4-7-8-9/h2,4-5H,1,3H2. The fourth-order valence-corrected chi connectivity index (χ4v) is 0.843. The molecule has 0 fully saturated rings. The van der Waals surface area contributed by atoms with Gasteiger partial charge in [0.2, 0.25) is 0 Å². The van der Waals surface area contributed by atoms with Crippen molar-refractivity contribution in [2.75, 3.05) is 0 Å². The summed E-state index contributed by atoms with van der Waals surface area (Å²) in [5.74, 6) is 0. The van der Waals surface area contributed by atoms with Crippen molar-refractivity contribution in [1.82, 2.24) is 15.0 Å². The molecule has 0 radical (unpaired) electrons. The number of nitrogens with zero attached hydrogens (tertiary/aromatic N) is 3. The Bertz CT molecular complexity index is 222. The largest absolute Gasteiger partial charge is 0.225 e. The van der Waals surface area contributed by atoms with Gasteiger partial charge in [-0.05, 0) is 12.8 Å². The van der Waals surface area contributed by atoms with Crippen LogP contribution in [0.1, 0.15) is 12.8 Å². The monoisotopic (exact) mass is 121 g/mol. The quantitative estimate of drug-likeness (QED) is 0.553. The fourth-order valence-electron chi connectivity index (χ4n) is 0.843. The summed E-state index contributed by atoms with van der Waals surface area (Å²) in [5, 5.41) is 7.53. The number of allylic oxidation sites excluding steroid dienone is 2. The van der Waals surface area contributed by atoms with E-state index < -0.39 is 0 Å². The van der Waals surface area contributed by atoms with Crippen LogP contribution in [0.5, 0.6) is 0 Å². The maximum Gasteiger partial charge on any atom is 0.0697 e. The molecule has 0 unspecified atom stereocenters. The van der Waals surface area contributed by atoms with Crippen LogP contribution in [0, 0.1) is 0 Å². The van der Waals surface area contributed by atoms with E-state index >= 15 is 0 Å². The third-order valence-corrected chi connectivity index (χ3v) is 1.50. The summed E-state index contributed by atoms with van der Waals surface area (Å²) in [6.45, 7) is 0. The van der Waals surface area contributed by atoms with Crippen LogP contribution in [0.15, 0.2) is 18.5 Å². The van der Waals surface area contributed by atoms with Crippen LogP contribution >= 0.6 is 0 Å². The van der Waals surface area contributed by atoms with E-state index in [1.807, 2.05) is 10.9 Å². The predicted octanol–water partition coefficient (Wildman–Crippen LogP) is 0.913. The maximum atomic E-state index is 3.84. The van der Waals surface area contributed by atoms with Gasteiger partial charge in [0.25, 0.3) is 0 Å². The van der Waals surface area contributed by atoms with E-state index in [4.69, 9.17) is 0 Å². The van der Waals surface area contributed by atoms with Crippen LogP contribution in [-0.4, -0.2) is 15.0 Å². The van der Waals surface area contributed by atoms with Gasteiger partial charge in [-0.2, -0.15) is 0 Å². The molecule has 0 amide bonds. The molecule has 0 bridgehead atoms. The van der Waals surface area contributed by atoms with Gasteiger partial charge in [-0.1, -0.05) is 11.3 Å². The zero-order chi connectivity index (χ0) is 6.10. The third kappa shape index (κ3) is 0.650. The molecular formula is C6H7N3. The molecule has 0 aliphatic heterocycles. The van der Waals surface area contributed by atoms with Crippen molar-refractivity contribution in [2.45, 2.75) is 12.8 Å². The van der Waals surface area contributed by atoms with Crippen molar-refractivity contribution in [3.8, 4) is 0 Å². The molecule has 2 rings (SSSR count). The zero-order valence-electron chi connectivity index (χ0n) is 4.99. The lowest BCUT2D eigenvalue weighted by Crippen LogP contribution is -2.03. The Kier molecular flexibility index (Phi) is 0.886. The van der Waals surface area contributed by atoms with Crippen LogP contribution in [-0.2, 0) is 0 Å². The predicted molar refractivity (Wildman–Crippen MR) is 33.5 cm³/mol. The molecule has 3 nitrogen and oxygen atoms in total. The van der Waals surface area contributed by atoms with Crippen LogP contribution in [0.2, 0.25) is 0 Å². The van der Waals surface area contributed by atoms with Gasteiger partial charge >= 0.3 is 0 Å². The van der Waals surface area contributed by atoms with Gasteiger partial charge in [0, 0.05) is 5.70 Å². The van der Waals surface area contributed by atoms with E-state index in [9.17, 15) is 0 Å². The topological polar surface area (TPSA) is 30.7 Å². The first-order valence-electron chi connectivity index (χ1n) is 3.02. The molecule has 1 aromatic heterocycles. The summed E-state index contributed by atoms with van der Waals surface area (Å²) in [4.78, 5) is 0. The van der Waals surface area contributed by atoms with Gasteiger partial charge in [-0.15, -0.1) is 5.10 Å². The lowest BCUT2D eigenvalue weighted by Gasteiger charge is -2.12. The molecule has 0 aromatic carbocycles. The fraction of sp³-hybridized carbons (Fsp3) is 0.333. The minimum atomic E-state index is 1.14. The van der Waals surface area contributed by atoms with Gasteiger partial charge in [-0.3, -0.25) is 0 Å². The Balaban J connectivity index is 2.34. The highest BCUT2D eigenvalue weighted by atomic mass is 15.4. The SMILES string of the molecule is C1=C(n2ccnn2)CC1. The van der Waals surface area contributed by atoms with Crippen molar-refractivity contribution in [3.63, 3.8) is 0 Å². The van der Waals surface area contributed by atoms with Gasteiger partial charge in [-0.25, -0.2) is 4.68 Å². The van der Waals surface area contributed by atoms with Crippen molar-refractivity contribution in [2.24, 2.45) is 0 Å². The number of aromatic nitrogens is 3. The summed E-state index contributed by atoms with van der Waals surface area (Å²) in [7, 11) is 0. The van der Waals surface area contributed by atoms with E-state index in [-0.39, 0.29) is 0 Å². The third-order valence-electron chi connectivity index (χ3n) is 1.50. The Morgan fingerprint density at radius 1 is 1.56 bits per heavy atom. The molecule has 1 aromatic rings. The Morgan fingerprint density at radius 3 is 2.89 bits per heavy atom. The summed E-state index contributed by atoms with van der Waals surface area (Å²) in [5.41, 5.74) is 1.27. The van der Waals surface area contributed by atoms with E-state index in [1.54, 1.807) is 6.20 Å². The first kappa shape index (κ1) is 4.73. The van der Waals surface area contributed by atoms with Gasteiger partial charge in [0.05, 0.1) is 12.4 Å². The highest BCUT2D eigenvalue weighted by molar-refractivity contribution is 5.49. The van der Waals surface area contributed by atoms with Crippen LogP contribution in [0.25, 0.3) is 5.70 Å². The van der Waals surface area contributed by atoms with E-state index in [1.165, 1.54) is 12.1 Å². The van der Waals surface area contributed by atoms with Crippen molar-refractivity contribution in [1.29, 1.82) is 0 Å². The van der Waals surface area contributed by atoms with Crippen molar-refractivity contribution in [3.05, 3.63) is 18.5 Å². The number of hydrogen-bond donors (Lipinski definition) is 0. The molecule has 0 N–H and O–H groups in total. The van der Waals surface area contributed by atoms with E-state index in [0.29, 0.717) is 0 Å². The summed E-state index contributed by atoms with van der Waals surface area (Å²) in [6.07, 6.45) is 8.05.